The van der Waals surface area contributed by atoms with Gasteiger partial charge in [0.25, 0.3) is 0 Å². The van der Waals surface area contributed by atoms with Crippen LogP contribution in [-0.4, -0.2) is 33.2 Å². The largest absolute Gasteiger partial charge is 0.397 e. The zero-order valence-electron chi connectivity index (χ0n) is 6.89. The third-order valence-electron chi connectivity index (χ3n) is 1.47. The molecule has 1 atom stereocenters. The zero-order chi connectivity index (χ0) is 9.78. The van der Waals surface area contributed by atoms with Gasteiger partial charge in [0.2, 0.25) is 0 Å². The molecule has 0 rings (SSSR count). The Labute approximate surface area is 68.6 Å². The molecule has 0 aliphatic carbocycles. The van der Waals surface area contributed by atoms with Crippen molar-refractivity contribution in [3.8, 4) is 0 Å². The van der Waals surface area contributed by atoms with Crippen LogP contribution in [0.25, 0.3) is 0 Å². The molecule has 0 aromatic carbocycles. The van der Waals surface area contributed by atoms with E-state index in [0.29, 0.717) is 0 Å². The SMILES string of the molecule is COC(OC)[C@H](CN)C(F)(F)F. The van der Waals surface area contributed by atoms with Crippen LogP contribution in [0.15, 0.2) is 0 Å². The summed E-state index contributed by atoms with van der Waals surface area (Å²) < 4.78 is 45.2. The quantitative estimate of drug-likeness (QED) is 0.660. The van der Waals surface area contributed by atoms with Gasteiger partial charge in [0, 0.05) is 20.8 Å². The Morgan fingerprint density at radius 3 is 1.75 bits per heavy atom. The maximum absolute atomic E-state index is 12.1. The third kappa shape index (κ3) is 2.96. The molecule has 0 aliphatic heterocycles. The van der Waals surface area contributed by atoms with Gasteiger partial charge in [-0.05, 0) is 0 Å². The van der Waals surface area contributed by atoms with Crippen molar-refractivity contribution in [2.75, 3.05) is 20.8 Å². The average molecular weight is 187 g/mol. The van der Waals surface area contributed by atoms with Gasteiger partial charge < -0.3 is 15.2 Å². The monoisotopic (exact) mass is 187 g/mol. The minimum atomic E-state index is -4.38. The van der Waals surface area contributed by atoms with E-state index in [2.05, 4.69) is 9.47 Å². The molecule has 74 valence electrons. The van der Waals surface area contributed by atoms with Crippen molar-refractivity contribution in [2.45, 2.75) is 12.5 Å². The van der Waals surface area contributed by atoms with E-state index in [9.17, 15) is 13.2 Å². The van der Waals surface area contributed by atoms with Crippen LogP contribution in [0.3, 0.4) is 0 Å². The van der Waals surface area contributed by atoms with Crippen molar-refractivity contribution < 1.29 is 22.6 Å². The number of hydrogen-bond donors (Lipinski definition) is 1. The summed E-state index contributed by atoms with van der Waals surface area (Å²) in [4.78, 5) is 0. The molecule has 0 aliphatic rings. The number of alkyl halides is 3. The lowest BCUT2D eigenvalue weighted by molar-refractivity contribution is -0.249. The fourth-order valence-electron chi connectivity index (χ4n) is 0.824. The lowest BCUT2D eigenvalue weighted by Gasteiger charge is -2.25. The number of rotatable bonds is 4. The Bertz CT molecular complexity index is 124. The van der Waals surface area contributed by atoms with Crippen molar-refractivity contribution >= 4 is 0 Å². The second-order valence-corrected chi connectivity index (χ2v) is 2.22. The average Bonchev–Trinajstić information content (AvgIpc) is 1.97. The summed E-state index contributed by atoms with van der Waals surface area (Å²) in [5.41, 5.74) is 4.93. The molecular formula is C6H12F3NO2. The molecule has 3 nitrogen and oxygen atoms in total. The van der Waals surface area contributed by atoms with Crippen molar-refractivity contribution in [1.29, 1.82) is 0 Å². The van der Waals surface area contributed by atoms with Crippen molar-refractivity contribution in [1.82, 2.24) is 0 Å². The first-order valence-corrected chi connectivity index (χ1v) is 3.29. The summed E-state index contributed by atoms with van der Waals surface area (Å²) in [5.74, 6) is -1.77. The van der Waals surface area contributed by atoms with Gasteiger partial charge in [-0.15, -0.1) is 0 Å². The van der Waals surface area contributed by atoms with E-state index in [1.165, 1.54) is 0 Å². The van der Waals surface area contributed by atoms with Gasteiger partial charge in [-0.3, -0.25) is 0 Å². The summed E-state index contributed by atoms with van der Waals surface area (Å²) in [6.45, 7) is -0.546. The molecule has 0 spiro atoms. The highest BCUT2D eigenvalue weighted by molar-refractivity contribution is 4.71. The molecule has 0 amide bonds. The van der Waals surface area contributed by atoms with Crippen LogP contribution in [0, 0.1) is 5.92 Å². The number of halogens is 3. The van der Waals surface area contributed by atoms with Crippen LogP contribution >= 0.6 is 0 Å². The van der Waals surface area contributed by atoms with Crippen LogP contribution in [0.4, 0.5) is 13.2 Å². The fraction of sp³-hybridized carbons (Fsp3) is 1.00. The Morgan fingerprint density at radius 2 is 1.67 bits per heavy atom. The van der Waals surface area contributed by atoms with E-state index in [-0.39, 0.29) is 0 Å². The second-order valence-electron chi connectivity index (χ2n) is 2.22. The highest BCUT2D eigenvalue weighted by Crippen LogP contribution is 2.29. The topological polar surface area (TPSA) is 44.5 Å². The molecule has 6 heteroatoms. The van der Waals surface area contributed by atoms with Crippen LogP contribution < -0.4 is 5.73 Å². The third-order valence-corrected chi connectivity index (χ3v) is 1.47. The molecule has 0 heterocycles. The summed E-state index contributed by atoms with van der Waals surface area (Å²) in [6.07, 6.45) is -5.71. The maximum atomic E-state index is 12.1. The molecule has 0 fully saturated rings. The van der Waals surface area contributed by atoms with E-state index < -0.39 is 24.9 Å². The lowest BCUT2D eigenvalue weighted by atomic mass is 10.1. The predicted octanol–water partition coefficient (Wildman–Crippen LogP) is 0.742. The Kier molecular flexibility index (Phi) is 4.51. The number of ether oxygens (including phenoxy) is 2. The molecule has 0 saturated carbocycles. The molecule has 0 aromatic heterocycles. The van der Waals surface area contributed by atoms with Crippen LogP contribution in [0.1, 0.15) is 0 Å². The normalized spacial score (nSPS) is 15.2. The van der Waals surface area contributed by atoms with E-state index in [0.717, 1.165) is 14.2 Å². The molecular weight excluding hydrogens is 175 g/mol. The van der Waals surface area contributed by atoms with Gasteiger partial charge in [0.1, 0.15) is 5.92 Å². The van der Waals surface area contributed by atoms with Gasteiger partial charge in [-0.2, -0.15) is 13.2 Å². The van der Waals surface area contributed by atoms with Crippen molar-refractivity contribution in [3.63, 3.8) is 0 Å². The summed E-state index contributed by atoms with van der Waals surface area (Å²) in [6, 6.07) is 0. The van der Waals surface area contributed by atoms with Crippen LogP contribution in [-0.2, 0) is 9.47 Å². The van der Waals surface area contributed by atoms with Crippen molar-refractivity contribution in [2.24, 2.45) is 11.7 Å². The van der Waals surface area contributed by atoms with Gasteiger partial charge in [0.05, 0.1) is 0 Å². The summed E-state index contributed by atoms with van der Waals surface area (Å²) >= 11 is 0. The molecule has 2 N–H and O–H groups in total. The van der Waals surface area contributed by atoms with Gasteiger partial charge >= 0.3 is 6.18 Å². The first-order chi connectivity index (χ1) is 5.47. The van der Waals surface area contributed by atoms with E-state index in [1.807, 2.05) is 0 Å². The van der Waals surface area contributed by atoms with Gasteiger partial charge in [-0.25, -0.2) is 0 Å². The Hall–Kier alpha value is -0.330. The van der Waals surface area contributed by atoms with E-state index >= 15 is 0 Å². The molecule has 0 aromatic rings. The first kappa shape index (κ1) is 11.7. The van der Waals surface area contributed by atoms with E-state index in [4.69, 9.17) is 5.73 Å². The number of hydrogen-bond acceptors (Lipinski definition) is 3. The van der Waals surface area contributed by atoms with Crippen LogP contribution in [0.2, 0.25) is 0 Å². The zero-order valence-corrected chi connectivity index (χ0v) is 6.89. The Morgan fingerprint density at radius 1 is 1.25 bits per heavy atom. The minimum Gasteiger partial charge on any atom is -0.355 e. The molecule has 0 saturated heterocycles. The number of nitrogens with two attached hydrogens (primary N) is 1. The Balaban J connectivity index is 4.31. The lowest BCUT2D eigenvalue weighted by Crippen LogP contribution is -2.41. The highest BCUT2D eigenvalue weighted by atomic mass is 19.4. The number of methoxy groups -OCH3 is 2. The van der Waals surface area contributed by atoms with Gasteiger partial charge in [0.15, 0.2) is 6.29 Å². The first-order valence-electron chi connectivity index (χ1n) is 3.29. The second kappa shape index (κ2) is 4.64. The fourth-order valence-corrected chi connectivity index (χ4v) is 0.824. The molecule has 12 heavy (non-hydrogen) atoms. The molecule has 0 bridgehead atoms. The highest BCUT2D eigenvalue weighted by Gasteiger charge is 2.44. The summed E-state index contributed by atoms with van der Waals surface area (Å²) in [5, 5.41) is 0. The minimum absolute atomic E-state index is 0.546. The molecule has 0 unspecified atom stereocenters. The maximum Gasteiger partial charge on any atom is 0.397 e. The summed E-state index contributed by atoms with van der Waals surface area (Å²) in [7, 11) is 2.28. The molecule has 0 radical (unpaired) electrons. The smallest absolute Gasteiger partial charge is 0.355 e. The van der Waals surface area contributed by atoms with E-state index in [1.54, 1.807) is 0 Å². The van der Waals surface area contributed by atoms with Crippen LogP contribution in [0.5, 0.6) is 0 Å². The standard InChI is InChI=1S/C6H12F3NO2/c1-11-5(12-2)4(3-10)6(7,8)9/h4-5H,3,10H2,1-2H3/t4-/m0/s1. The van der Waals surface area contributed by atoms with Crippen molar-refractivity contribution in [3.05, 3.63) is 0 Å². The van der Waals surface area contributed by atoms with Gasteiger partial charge in [-0.1, -0.05) is 0 Å². The predicted molar refractivity (Wildman–Crippen MR) is 36.4 cm³/mol.